The zero-order valence-electron chi connectivity index (χ0n) is 21.0. The molecule has 0 unspecified atom stereocenters. The van der Waals surface area contributed by atoms with Gasteiger partial charge in [-0.2, -0.15) is 5.10 Å². The highest BCUT2D eigenvalue weighted by Gasteiger charge is 2.39. The fraction of sp³-hybridized carbons (Fsp3) is 0.276. The maximum Gasteiger partial charge on any atom is 0.242 e. The van der Waals surface area contributed by atoms with Gasteiger partial charge >= 0.3 is 0 Å². The highest BCUT2D eigenvalue weighted by Crippen LogP contribution is 2.50. The average molecular weight is 563 g/mol. The largest absolute Gasteiger partial charge is 0.341 e. The molecule has 1 atom stereocenters. The third-order valence-electron chi connectivity index (χ3n) is 7.13. The van der Waals surface area contributed by atoms with Crippen molar-refractivity contribution in [3.05, 3.63) is 87.8 Å². The van der Waals surface area contributed by atoms with Gasteiger partial charge in [-0.05, 0) is 54.5 Å². The molecule has 0 aliphatic carbocycles. The van der Waals surface area contributed by atoms with Crippen LogP contribution < -0.4 is 4.90 Å². The molecule has 2 amide bonds. The number of hydrogen-bond donors (Lipinski definition) is 0. The van der Waals surface area contributed by atoms with E-state index in [4.69, 9.17) is 16.7 Å². The maximum absolute atomic E-state index is 13.8. The van der Waals surface area contributed by atoms with E-state index >= 15 is 0 Å². The number of likely N-dealkylation sites (tertiary alicyclic amines) is 1. The minimum absolute atomic E-state index is 0.0108. The van der Waals surface area contributed by atoms with Gasteiger partial charge in [0.1, 0.15) is 18.1 Å². The third-order valence-corrected chi connectivity index (χ3v) is 9.58. The Bertz CT molecular complexity index is 1490. The highest BCUT2D eigenvalue weighted by molar-refractivity contribution is 8.00. The van der Waals surface area contributed by atoms with Crippen molar-refractivity contribution in [1.29, 1.82) is 0 Å². The summed E-state index contributed by atoms with van der Waals surface area (Å²) in [6.07, 6.45) is 2.00. The monoisotopic (exact) mass is 562 g/mol. The first kappa shape index (κ1) is 25.2. The maximum atomic E-state index is 13.8. The van der Waals surface area contributed by atoms with Crippen molar-refractivity contribution in [1.82, 2.24) is 14.7 Å². The summed E-state index contributed by atoms with van der Waals surface area (Å²) < 4.78 is 1.87. The lowest BCUT2D eigenvalue weighted by atomic mass is 10.0. The van der Waals surface area contributed by atoms with Crippen molar-refractivity contribution in [3.63, 3.8) is 0 Å². The number of para-hydroxylation sites is 1. The molecule has 1 saturated heterocycles. The van der Waals surface area contributed by atoms with E-state index in [1.165, 1.54) is 0 Å². The Morgan fingerprint density at radius 1 is 1.05 bits per heavy atom. The van der Waals surface area contributed by atoms with Crippen LogP contribution in [0.25, 0.3) is 16.3 Å². The van der Waals surface area contributed by atoms with Crippen molar-refractivity contribution >= 4 is 52.3 Å². The van der Waals surface area contributed by atoms with Crippen LogP contribution in [0.4, 0.5) is 5.82 Å². The number of halogens is 1. The first-order valence-electron chi connectivity index (χ1n) is 12.7. The van der Waals surface area contributed by atoms with Gasteiger partial charge in [-0.3, -0.25) is 14.5 Å². The van der Waals surface area contributed by atoms with Crippen molar-refractivity contribution < 1.29 is 9.59 Å². The molecular formula is C29H27ClN4O2S2. The Kier molecular flexibility index (Phi) is 7.03. The molecule has 4 heterocycles. The van der Waals surface area contributed by atoms with Gasteiger partial charge in [0, 0.05) is 23.7 Å². The number of aromatic nitrogens is 2. The molecule has 0 N–H and O–H groups in total. The normalized spacial score (nSPS) is 17.5. The van der Waals surface area contributed by atoms with Crippen LogP contribution in [0.5, 0.6) is 0 Å². The summed E-state index contributed by atoms with van der Waals surface area (Å²) in [7, 11) is 0. The number of aryl methyl sites for hydroxylation is 1. The Balaban J connectivity index is 1.62. The van der Waals surface area contributed by atoms with Crippen molar-refractivity contribution in [2.75, 3.05) is 30.3 Å². The number of anilines is 1. The summed E-state index contributed by atoms with van der Waals surface area (Å²) in [6, 6.07) is 19.8. The zero-order chi connectivity index (χ0) is 26.2. The molecule has 0 bridgehead atoms. The molecule has 2 aromatic carbocycles. The van der Waals surface area contributed by atoms with E-state index in [2.05, 4.69) is 6.07 Å². The molecule has 6 nitrogen and oxygen atoms in total. The van der Waals surface area contributed by atoms with Gasteiger partial charge in [0.25, 0.3) is 0 Å². The number of fused-ring (bicyclic) bond motifs is 1. The molecule has 1 fully saturated rings. The summed E-state index contributed by atoms with van der Waals surface area (Å²) in [5, 5.41) is 7.60. The number of nitrogens with zero attached hydrogens (tertiary/aromatic N) is 4. The lowest BCUT2D eigenvalue weighted by Gasteiger charge is -2.26. The molecule has 0 radical (unpaired) electrons. The van der Waals surface area contributed by atoms with E-state index in [0.717, 1.165) is 58.9 Å². The van der Waals surface area contributed by atoms with Crippen LogP contribution in [0.3, 0.4) is 0 Å². The number of hydrogen-bond acceptors (Lipinski definition) is 5. The predicted molar refractivity (Wildman–Crippen MR) is 156 cm³/mol. The van der Waals surface area contributed by atoms with Gasteiger partial charge in [0.05, 0.1) is 21.6 Å². The first-order valence-corrected chi connectivity index (χ1v) is 15.0. The average Bonchev–Trinajstić information content (AvgIpc) is 3.69. The predicted octanol–water partition coefficient (Wildman–Crippen LogP) is 6.35. The van der Waals surface area contributed by atoms with Gasteiger partial charge < -0.3 is 4.90 Å². The van der Waals surface area contributed by atoms with Crippen molar-refractivity contribution in [2.24, 2.45) is 0 Å². The smallest absolute Gasteiger partial charge is 0.242 e. The Morgan fingerprint density at radius 2 is 1.82 bits per heavy atom. The zero-order valence-corrected chi connectivity index (χ0v) is 23.4. The molecule has 38 heavy (non-hydrogen) atoms. The quantitative estimate of drug-likeness (QED) is 0.284. The molecule has 4 aromatic rings. The molecule has 2 aromatic heterocycles. The summed E-state index contributed by atoms with van der Waals surface area (Å²) in [5.41, 5.74) is 4.56. The van der Waals surface area contributed by atoms with Crippen molar-refractivity contribution in [2.45, 2.75) is 25.0 Å². The summed E-state index contributed by atoms with van der Waals surface area (Å²) >= 11 is 9.90. The van der Waals surface area contributed by atoms with Crippen LogP contribution in [0.2, 0.25) is 5.02 Å². The Labute approximate surface area is 235 Å². The fourth-order valence-electron chi connectivity index (χ4n) is 5.22. The number of thioether (sulfide) groups is 1. The molecule has 2 aliphatic heterocycles. The Hall–Kier alpha value is -3.07. The van der Waals surface area contributed by atoms with E-state index in [0.29, 0.717) is 10.8 Å². The number of benzene rings is 2. The number of carbonyl (C=O) groups excluding carboxylic acids is 2. The van der Waals surface area contributed by atoms with Crippen LogP contribution >= 0.6 is 34.7 Å². The lowest BCUT2D eigenvalue weighted by Crippen LogP contribution is -2.43. The van der Waals surface area contributed by atoms with Gasteiger partial charge in [0.15, 0.2) is 0 Å². The van der Waals surface area contributed by atoms with E-state index in [-0.39, 0.29) is 29.4 Å². The van der Waals surface area contributed by atoms with Crippen LogP contribution in [0.1, 0.15) is 34.8 Å². The van der Waals surface area contributed by atoms with Crippen LogP contribution in [-0.2, 0) is 9.59 Å². The molecule has 0 saturated carbocycles. The van der Waals surface area contributed by atoms with Gasteiger partial charge in [-0.25, -0.2) is 4.68 Å². The standard InChI is InChI=1S/C29H27ClN4O2S2/c1-19-9-2-5-12-22(19)34-29-26(27(31-34)23-13-8-16-37-23)28(20-10-3-4-11-21(20)30)38-18-25(36)33(29)17-24(35)32-14-6-7-15-32/h2-5,8-13,16,28H,6-7,14-15,17-18H2,1H3/t28-/m1/s1. The second-order valence-corrected chi connectivity index (χ2v) is 12.0. The van der Waals surface area contributed by atoms with Crippen LogP contribution in [-0.4, -0.2) is 51.9 Å². The molecule has 194 valence electrons. The van der Waals surface area contributed by atoms with E-state index in [9.17, 15) is 9.59 Å². The number of carbonyl (C=O) groups is 2. The molecular weight excluding hydrogens is 536 g/mol. The summed E-state index contributed by atoms with van der Waals surface area (Å²) in [4.78, 5) is 31.8. The van der Waals surface area contributed by atoms with Gasteiger partial charge in [0.2, 0.25) is 11.8 Å². The number of thiophene rings is 1. The molecule has 0 spiro atoms. The highest BCUT2D eigenvalue weighted by atomic mass is 35.5. The molecule has 2 aliphatic rings. The topological polar surface area (TPSA) is 58.4 Å². The third kappa shape index (κ3) is 4.55. The molecule has 6 rings (SSSR count). The Morgan fingerprint density at radius 3 is 2.55 bits per heavy atom. The number of amides is 2. The van der Waals surface area contributed by atoms with E-state index < -0.39 is 0 Å². The SMILES string of the molecule is Cc1ccccc1-n1nc(-c2cccs2)c2c1N(CC(=O)N1CCCC1)C(=O)CS[C@@H]2c1ccccc1Cl. The number of rotatable bonds is 5. The summed E-state index contributed by atoms with van der Waals surface area (Å²) in [5.74, 6) is 0.745. The second kappa shape index (κ2) is 10.6. The van der Waals surface area contributed by atoms with Crippen LogP contribution in [0, 0.1) is 6.92 Å². The van der Waals surface area contributed by atoms with Crippen LogP contribution in [0.15, 0.2) is 66.0 Å². The minimum atomic E-state index is -0.232. The molecule has 9 heteroatoms. The first-order chi connectivity index (χ1) is 18.5. The lowest BCUT2D eigenvalue weighted by molar-refractivity contribution is -0.130. The van der Waals surface area contributed by atoms with E-state index in [1.807, 2.05) is 76.5 Å². The minimum Gasteiger partial charge on any atom is -0.341 e. The van der Waals surface area contributed by atoms with E-state index in [1.54, 1.807) is 28.0 Å². The fourth-order valence-corrected chi connectivity index (χ4v) is 7.49. The van der Waals surface area contributed by atoms with Gasteiger partial charge in [-0.15, -0.1) is 23.1 Å². The second-order valence-electron chi connectivity index (χ2n) is 9.54. The van der Waals surface area contributed by atoms with Gasteiger partial charge in [-0.1, -0.05) is 54.1 Å². The summed E-state index contributed by atoms with van der Waals surface area (Å²) in [6.45, 7) is 3.50. The van der Waals surface area contributed by atoms with Crippen molar-refractivity contribution in [3.8, 4) is 16.3 Å².